The van der Waals surface area contributed by atoms with Gasteiger partial charge in [-0.15, -0.1) is 0 Å². The number of aliphatic imine (C=N–C) groups is 1. The number of amides is 3. The highest BCUT2D eigenvalue weighted by molar-refractivity contribution is 6.07. The van der Waals surface area contributed by atoms with Crippen molar-refractivity contribution in [2.75, 3.05) is 69.3 Å². The number of amidine groups is 1. The largest absolute Gasteiger partial charge is 0.394 e. The Hall–Kier alpha value is -4.41. The van der Waals surface area contributed by atoms with E-state index in [9.17, 15) is 14.4 Å². The Balaban J connectivity index is 0.000000753. The second-order valence-electron chi connectivity index (χ2n) is 12.6. The molecule has 50 heavy (non-hydrogen) atoms. The molecule has 0 radical (unpaired) electrons. The van der Waals surface area contributed by atoms with Gasteiger partial charge in [0.2, 0.25) is 11.8 Å². The smallest absolute Gasteiger partial charge is 0.255 e. The number of anilines is 2. The number of carbonyl (C=O) groups excluding carboxylic acids is 3. The van der Waals surface area contributed by atoms with E-state index in [0.29, 0.717) is 54.5 Å². The highest BCUT2D eigenvalue weighted by Crippen LogP contribution is 2.29. The first kappa shape index (κ1) is 40.0. The van der Waals surface area contributed by atoms with E-state index in [1.807, 2.05) is 23.1 Å². The van der Waals surface area contributed by atoms with Gasteiger partial charge in [0, 0.05) is 68.3 Å². The number of aliphatic hydroxyl groups excluding tert-OH is 3. The van der Waals surface area contributed by atoms with Gasteiger partial charge in [-0.3, -0.25) is 14.4 Å². The molecule has 1 fully saturated rings. The number of nitrogens with zero attached hydrogens (tertiary/aromatic N) is 4. The van der Waals surface area contributed by atoms with Crippen LogP contribution in [0.2, 0.25) is 0 Å². The third-order valence-corrected chi connectivity index (χ3v) is 8.39. The monoisotopic (exact) mass is 695 g/mol. The van der Waals surface area contributed by atoms with Crippen LogP contribution in [0.1, 0.15) is 61.9 Å². The average molecular weight is 696 g/mol. The van der Waals surface area contributed by atoms with Gasteiger partial charge in [0.05, 0.1) is 42.9 Å². The molecule has 3 amide bonds. The Bertz CT molecular complexity index is 1470. The van der Waals surface area contributed by atoms with Crippen LogP contribution >= 0.6 is 0 Å². The summed E-state index contributed by atoms with van der Waals surface area (Å²) in [5.41, 5.74) is 18.5. The van der Waals surface area contributed by atoms with Crippen LogP contribution in [0, 0.1) is 5.92 Å². The predicted octanol–water partition coefficient (Wildman–Crippen LogP) is 0.710. The molecule has 1 saturated heterocycles. The summed E-state index contributed by atoms with van der Waals surface area (Å²) in [5, 5.41) is 30.8. The van der Waals surface area contributed by atoms with Crippen LogP contribution in [0.5, 0.6) is 0 Å². The van der Waals surface area contributed by atoms with Crippen LogP contribution < -0.4 is 32.7 Å². The summed E-state index contributed by atoms with van der Waals surface area (Å²) in [6, 6.07) is 8.89. The van der Waals surface area contributed by atoms with E-state index >= 15 is 0 Å². The van der Waals surface area contributed by atoms with Crippen molar-refractivity contribution in [3.8, 4) is 0 Å². The number of carbonyl (C=O) groups is 3. The van der Waals surface area contributed by atoms with Crippen molar-refractivity contribution in [1.29, 1.82) is 0 Å². The van der Waals surface area contributed by atoms with Gasteiger partial charge in [0.1, 0.15) is 11.7 Å². The van der Waals surface area contributed by atoms with E-state index in [-0.39, 0.29) is 30.1 Å². The summed E-state index contributed by atoms with van der Waals surface area (Å²) in [7, 11) is 0. The molecule has 1 aromatic heterocycles. The molecule has 0 bridgehead atoms. The molecule has 11 N–H and O–H groups in total. The molecule has 0 spiro atoms. The van der Waals surface area contributed by atoms with Gasteiger partial charge in [0.25, 0.3) is 5.91 Å². The third kappa shape index (κ3) is 11.3. The number of aromatic nitrogens is 1. The summed E-state index contributed by atoms with van der Waals surface area (Å²) in [4.78, 5) is 51.6. The zero-order valence-corrected chi connectivity index (χ0v) is 29.1. The summed E-state index contributed by atoms with van der Waals surface area (Å²) in [5.74, 6) is 0.863. The van der Waals surface area contributed by atoms with E-state index < -0.39 is 25.4 Å². The lowest BCUT2D eigenvalue weighted by Gasteiger charge is -2.32. The molecule has 2 aromatic rings. The zero-order chi connectivity index (χ0) is 36.7. The molecule has 0 saturated carbocycles. The van der Waals surface area contributed by atoms with E-state index in [2.05, 4.69) is 39.4 Å². The lowest BCUT2D eigenvalue weighted by molar-refractivity contribution is -0.127. The first-order valence-corrected chi connectivity index (χ1v) is 17.1. The van der Waals surface area contributed by atoms with Crippen molar-refractivity contribution in [2.24, 2.45) is 28.1 Å². The van der Waals surface area contributed by atoms with Crippen LogP contribution in [0.4, 0.5) is 17.2 Å². The molecule has 1 aromatic carbocycles. The minimum Gasteiger partial charge on any atom is -0.394 e. The number of nitrogens with two attached hydrogens (primary N) is 3. The molecule has 15 heteroatoms. The van der Waals surface area contributed by atoms with Gasteiger partial charge in [0.15, 0.2) is 0 Å². The van der Waals surface area contributed by atoms with Crippen LogP contribution in [0.25, 0.3) is 6.08 Å². The second kappa shape index (κ2) is 19.7. The third-order valence-electron chi connectivity index (χ3n) is 8.39. The van der Waals surface area contributed by atoms with Crippen molar-refractivity contribution in [3.05, 3.63) is 53.2 Å². The highest BCUT2D eigenvalue weighted by Gasteiger charge is 2.26. The SMILES string of the molecule is CCCN(CCC)C(=O)C1=Cc2ccc(C(=O)Nc3ccc(N4CCC(C(=O)NCCN)CC4)nc3)cc2N=C(N)C1.NC(CO)(CO)CO. The first-order valence-electron chi connectivity index (χ1n) is 17.1. The maximum Gasteiger partial charge on any atom is 0.255 e. The Labute approximate surface area is 293 Å². The van der Waals surface area contributed by atoms with Crippen LogP contribution in [0.3, 0.4) is 0 Å². The number of rotatable bonds is 14. The molecule has 15 nitrogen and oxygen atoms in total. The number of piperidine rings is 1. The summed E-state index contributed by atoms with van der Waals surface area (Å²) < 4.78 is 0. The van der Waals surface area contributed by atoms with Gasteiger partial charge in [-0.1, -0.05) is 19.9 Å². The Morgan fingerprint density at radius 3 is 2.22 bits per heavy atom. The molecule has 0 aliphatic carbocycles. The normalized spacial score (nSPS) is 14.7. The molecule has 274 valence electrons. The number of benzene rings is 1. The maximum atomic E-state index is 13.2. The number of pyridine rings is 1. The second-order valence-corrected chi connectivity index (χ2v) is 12.6. The van der Waals surface area contributed by atoms with Gasteiger partial charge in [-0.25, -0.2) is 9.98 Å². The van der Waals surface area contributed by atoms with Crippen LogP contribution in [-0.2, 0) is 9.59 Å². The number of nitrogens with one attached hydrogen (secondary N) is 2. The Morgan fingerprint density at radius 1 is 1.02 bits per heavy atom. The highest BCUT2D eigenvalue weighted by atomic mass is 16.3. The summed E-state index contributed by atoms with van der Waals surface area (Å²) in [6.07, 6.45) is 6.99. The van der Waals surface area contributed by atoms with Crippen molar-refractivity contribution >= 4 is 46.8 Å². The Morgan fingerprint density at radius 2 is 1.68 bits per heavy atom. The van der Waals surface area contributed by atoms with Crippen molar-refractivity contribution in [2.45, 2.75) is 51.5 Å². The van der Waals surface area contributed by atoms with E-state index in [4.69, 9.17) is 32.5 Å². The predicted molar refractivity (Wildman–Crippen MR) is 195 cm³/mol. The fraction of sp³-hybridized carbons (Fsp3) is 0.514. The molecule has 3 heterocycles. The number of hydrogen-bond acceptors (Lipinski definition) is 12. The van der Waals surface area contributed by atoms with Gasteiger partial charge < -0.3 is 53.0 Å². The molecule has 4 rings (SSSR count). The molecule has 2 aliphatic rings. The van der Waals surface area contributed by atoms with E-state index in [1.54, 1.807) is 24.4 Å². The van der Waals surface area contributed by atoms with Gasteiger partial charge in [-0.05, 0) is 56.0 Å². The van der Waals surface area contributed by atoms with E-state index in [1.165, 1.54) is 0 Å². The first-order chi connectivity index (χ1) is 24.0. The zero-order valence-electron chi connectivity index (χ0n) is 29.1. The van der Waals surface area contributed by atoms with Crippen LogP contribution in [-0.4, -0.2) is 113 Å². The maximum absolute atomic E-state index is 13.2. The number of fused-ring (bicyclic) bond motifs is 1. The fourth-order valence-corrected chi connectivity index (χ4v) is 5.44. The molecule has 2 aliphatic heterocycles. The number of aliphatic hydroxyl groups is 3. The summed E-state index contributed by atoms with van der Waals surface area (Å²) >= 11 is 0. The van der Waals surface area contributed by atoms with Gasteiger partial charge in [-0.2, -0.15) is 0 Å². The molecular weight excluding hydrogens is 642 g/mol. The molecular formula is C35H53N9O6. The topological polar surface area (TPSA) is 246 Å². The number of hydrogen-bond donors (Lipinski definition) is 8. The minimum absolute atomic E-state index is 0.00802. The summed E-state index contributed by atoms with van der Waals surface area (Å²) in [6.45, 7) is 6.67. The quantitative estimate of drug-likeness (QED) is 0.137. The van der Waals surface area contributed by atoms with Crippen molar-refractivity contribution < 1.29 is 29.7 Å². The lowest BCUT2D eigenvalue weighted by atomic mass is 9.96. The fourth-order valence-electron chi connectivity index (χ4n) is 5.44. The van der Waals surface area contributed by atoms with E-state index in [0.717, 1.165) is 50.2 Å². The average Bonchev–Trinajstić information content (AvgIpc) is 3.31. The molecule has 0 unspecified atom stereocenters. The van der Waals surface area contributed by atoms with Crippen LogP contribution in [0.15, 0.2) is 47.1 Å². The van der Waals surface area contributed by atoms with Gasteiger partial charge >= 0.3 is 0 Å². The minimum atomic E-state index is -1.21. The van der Waals surface area contributed by atoms with Crippen molar-refractivity contribution in [3.63, 3.8) is 0 Å². The van der Waals surface area contributed by atoms with Crippen molar-refractivity contribution in [1.82, 2.24) is 15.2 Å². The lowest BCUT2D eigenvalue weighted by Crippen LogP contribution is -2.50. The standard InChI is InChI=1S/C31H42N8O3.C4H11NO3/c1-3-13-39(14-4-2)31(42)24-17-22-5-6-23(18-26(22)37-27(33)19-24)30(41)36-25-7-8-28(35-20-25)38-15-9-21(10-16-38)29(40)34-12-11-32;5-4(1-6,2-7)3-8/h5-8,17-18,20-21H,3-4,9-16,19,32H2,1-2H3,(H2,33,37)(H,34,40)(H,36,41);6-8H,1-3,5H2. The molecule has 0 atom stereocenters. The Kier molecular flexibility index (Phi) is 15.8.